The molecule has 0 atom stereocenters. The highest BCUT2D eigenvalue weighted by molar-refractivity contribution is 7.80. The predicted molar refractivity (Wildman–Crippen MR) is 61.6 cm³/mol. The van der Waals surface area contributed by atoms with Gasteiger partial charge in [-0.05, 0) is 31.2 Å². The lowest BCUT2D eigenvalue weighted by molar-refractivity contribution is 0.277. The number of hydrogen-bond acceptors (Lipinski definition) is 3. The third-order valence-electron chi connectivity index (χ3n) is 1.71. The number of thiol groups is 1. The largest absolute Gasteiger partial charge is 0.490 e. The minimum absolute atomic E-state index is 0.660. The molecule has 0 N–H and O–H groups in total. The highest BCUT2D eigenvalue weighted by Gasteiger charge is 2.01. The second-order valence-electron chi connectivity index (χ2n) is 2.81. The predicted octanol–water partition coefficient (Wildman–Crippen LogP) is 2.78. The van der Waals surface area contributed by atoms with Crippen LogP contribution in [-0.4, -0.2) is 19.0 Å². The van der Waals surface area contributed by atoms with E-state index in [1.165, 1.54) is 0 Å². The van der Waals surface area contributed by atoms with Crippen molar-refractivity contribution in [2.24, 2.45) is 0 Å². The Hall–Kier alpha value is -0.830. The molecule has 0 aliphatic carbocycles. The molecule has 2 nitrogen and oxygen atoms in total. The maximum Gasteiger partial charge on any atom is 0.161 e. The molecule has 1 aromatic carbocycles. The van der Waals surface area contributed by atoms with Gasteiger partial charge in [0, 0.05) is 0 Å². The van der Waals surface area contributed by atoms with E-state index in [2.05, 4.69) is 12.6 Å². The molecule has 0 saturated carbocycles. The Morgan fingerprint density at radius 1 is 1.14 bits per heavy atom. The Labute approximate surface area is 90.6 Å². The minimum atomic E-state index is 0.660. The molecule has 0 aliphatic heterocycles. The Bertz CT molecular complexity index is 263. The van der Waals surface area contributed by atoms with Gasteiger partial charge in [-0.25, -0.2) is 0 Å². The highest BCUT2D eigenvalue weighted by atomic mass is 32.1. The molecule has 0 spiro atoms. The van der Waals surface area contributed by atoms with Gasteiger partial charge in [-0.15, -0.1) is 0 Å². The fraction of sp³-hybridized carbons (Fsp3) is 0.455. The van der Waals surface area contributed by atoms with Crippen LogP contribution in [0.2, 0.25) is 0 Å². The number of ether oxygens (including phenoxy) is 2. The van der Waals surface area contributed by atoms with Gasteiger partial charge in [0.15, 0.2) is 11.5 Å². The maximum absolute atomic E-state index is 5.56. The molecular weight excluding hydrogens is 196 g/mol. The second kappa shape index (κ2) is 6.60. The summed E-state index contributed by atoms with van der Waals surface area (Å²) < 4.78 is 11.0. The van der Waals surface area contributed by atoms with Crippen LogP contribution in [0, 0.1) is 0 Å². The van der Waals surface area contributed by atoms with Crippen molar-refractivity contribution in [1.29, 1.82) is 0 Å². The Morgan fingerprint density at radius 3 is 2.36 bits per heavy atom. The summed E-state index contributed by atoms with van der Waals surface area (Å²) in [4.78, 5) is 0. The molecule has 0 unspecified atom stereocenters. The molecule has 0 bridgehead atoms. The van der Waals surface area contributed by atoms with Gasteiger partial charge >= 0.3 is 0 Å². The molecule has 1 rings (SSSR count). The molecule has 0 aromatic heterocycles. The van der Waals surface area contributed by atoms with Crippen LogP contribution >= 0.6 is 12.6 Å². The van der Waals surface area contributed by atoms with Crippen molar-refractivity contribution >= 4 is 12.6 Å². The van der Waals surface area contributed by atoms with E-state index in [1.807, 2.05) is 31.2 Å². The first kappa shape index (κ1) is 11.2. The fourth-order valence-electron chi connectivity index (χ4n) is 1.09. The molecule has 0 amide bonds. The van der Waals surface area contributed by atoms with Crippen LogP contribution in [0.25, 0.3) is 0 Å². The van der Waals surface area contributed by atoms with Gasteiger partial charge in [-0.3, -0.25) is 0 Å². The van der Waals surface area contributed by atoms with Gasteiger partial charge in [0.1, 0.15) is 0 Å². The van der Waals surface area contributed by atoms with Gasteiger partial charge in [-0.2, -0.15) is 12.6 Å². The van der Waals surface area contributed by atoms with E-state index in [-0.39, 0.29) is 0 Å². The summed E-state index contributed by atoms with van der Waals surface area (Å²) in [6, 6.07) is 7.72. The lowest BCUT2D eigenvalue weighted by Gasteiger charge is -2.10. The van der Waals surface area contributed by atoms with Crippen molar-refractivity contribution in [3.05, 3.63) is 24.3 Å². The Balaban J connectivity index is 2.55. The lowest BCUT2D eigenvalue weighted by atomic mass is 10.3. The second-order valence-corrected chi connectivity index (χ2v) is 3.25. The summed E-state index contributed by atoms with van der Waals surface area (Å²) in [6.07, 6.45) is 0.948. The summed E-state index contributed by atoms with van der Waals surface area (Å²) in [5.74, 6) is 2.47. The van der Waals surface area contributed by atoms with Crippen molar-refractivity contribution in [2.75, 3.05) is 19.0 Å². The standard InChI is InChI=1S/C11H16O2S/c1-2-12-10-6-3-4-7-11(10)13-8-5-9-14/h3-4,6-7,14H,2,5,8-9H2,1H3. The third kappa shape index (κ3) is 3.50. The van der Waals surface area contributed by atoms with Crippen molar-refractivity contribution < 1.29 is 9.47 Å². The molecule has 14 heavy (non-hydrogen) atoms. The highest BCUT2D eigenvalue weighted by Crippen LogP contribution is 2.26. The summed E-state index contributed by atoms with van der Waals surface area (Å²) in [6.45, 7) is 3.31. The van der Waals surface area contributed by atoms with Crippen LogP contribution in [-0.2, 0) is 0 Å². The van der Waals surface area contributed by atoms with E-state index in [0.717, 1.165) is 23.7 Å². The van der Waals surface area contributed by atoms with Gasteiger partial charge in [0.2, 0.25) is 0 Å². The molecule has 0 saturated heterocycles. The van der Waals surface area contributed by atoms with Crippen LogP contribution in [0.3, 0.4) is 0 Å². The monoisotopic (exact) mass is 212 g/mol. The Morgan fingerprint density at radius 2 is 1.79 bits per heavy atom. The molecule has 0 aliphatic rings. The van der Waals surface area contributed by atoms with E-state index in [1.54, 1.807) is 0 Å². The van der Waals surface area contributed by atoms with E-state index >= 15 is 0 Å². The maximum atomic E-state index is 5.56. The normalized spacial score (nSPS) is 9.86. The van der Waals surface area contributed by atoms with E-state index in [0.29, 0.717) is 13.2 Å². The average Bonchev–Trinajstić information content (AvgIpc) is 2.21. The number of benzene rings is 1. The molecule has 1 aromatic rings. The molecular formula is C11H16O2S. The SMILES string of the molecule is CCOc1ccccc1OCCCS. The number of rotatable bonds is 6. The summed E-state index contributed by atoms with van der Waals surface area (Å²) in [5, 5.41) is 0. The first-order valence-electron chi connectivity index (χ1n) is 4.84. The number of para-hydroxylation sites is 2. The zero-order valence-electron chi connectivity index (χ0n) is 8.40. The van der Waals surface area contributed by atoms with Crippen LogP contribution in [0.1, 0.15) is 13.3 Å². The quantitative estimate of drug-likeness (QED) is 0.577. The topological polar surface area (TPSA) is 18.5 Å². The average molecular weight is 212 g/mol. The minimum Gasteiger partial charge on any atom is -0.490 e. The molecule has 78 valence electrons. The first-order valence-corrected chi connectivity index (χ1v) is 5.47. The first-order chi connectivity index (χ1) is 6.88. The lowest BCUT2D eigenvalue weighted by Crippen LogP contribution is -2.00. The van der Waals surface area contributed by atoms with Crippen molar-refractivity contribution in [3.8, 4) is 11.5 Å². The summed E-state index contributed by atoms with van der Waals surface area (Å²) in [7, 11) is 0. The van der Waals surface area contributed by atoms with Crippen molar-refractivity contribution in [1.82, 2.24) is 0 Å². The molecule has 0 heterocycles. The molecule has 3 heteroatoms. The van der Waals surface area contributed by atoms with E-state index < -0.39 is 0 Å². The van der Waals surface area contributed by atoms with Gasteiger partial charge < -0.3 is 9.47 Å². The molecule has 0 fully saturated rings. The third-order valence-corrected chi connectivity index (χ3v) is 2.03. The van der Waals surface area contributed by atoms with Crippen molar-refractivity contribution in [2.45, 2.75) is 13.3 Å². The van der Waals surface area contributed by atoms with Crippen LogP contribution < -0.4 is 9.47 Å². The van der Waals surface area contributed by atoms with E-state index in [4.69, 9.17) is 9.47 Å². The van der Waals surface area contributed by atoms with Gasteiger partial charge in [0.05, 0.1) is 13.2 Å². The smallest absolute Gasteiger partial charge is 0.161 e. The van der Waals surface area contributed by atoms with Gasteiger partial charge in [0.25, 0.3) is 0 Å². The zero-order chi connectivity index (χ0) is 10.2. The fourth-order valence-corrected chi connectivity index (χ4v) is 1.22. The van der Waals surface area contributed by atoms with Crippen molar-refractivity contribution in [3.63, 3.8) is 0 Å². The molecule has 0 radical (unpaired) electrons. The Kier molecular flexibility index (Phi) is 5.30. The zero-order valence-corrected chi connectivity index (χ0v) is 9.30. The summed E-state index contributed by atoms with van der Waals surface area (Å²) in [5.41, 5.74) is 0. The number of hydrogen-bond donors (Lipinski definition) is 1. The van der Waals surface area contributed by atoms with Crippen LogP contribution in [0.15, 0.2) is 24.3 Å². The van der Waals surface area contributed by atoms with Crippen LogP contribution in [0.4, 0.5) is 0 Å². The summed E-state index contributed by atoms with van der Waals surface area (Å²) >= 11 is 4.12. The van der Waals surface area contributed by atoms with E-state index in [9.17, 15) is 0 Å². The van der Waals surface area contributed by atoms with Gasteiger partial charge in [-0.1, -0.05) is 12.1 Å². The van der Waals surface area contributed by atoms with Crippen LogP contribution in [0.5, 0.6) is 11.5 Å².